The van der Waals surface area contributed by atoms with Crippen LogP contribution in [0.3, 0.4) is 0 Å². The van der Waals surface area contributed by atoms with E-state index in [2.05, 4.69) is 18.3 Å². The van der Waals surface area contributed by atoms with Crippen LogP contribution in [0.25, 0.3) is 0 Å². The minimum Gasteiger partial charge on any atom is -0.352 e. The molecule has 1 atom stereocenters. The van der Waals surface area contributed by atoms with E-state index >= 15 is 0 Å². The quantitative estimate of drug-likeness (QED) is 0.920. The van der Waals surface area contributed by atoms with Crippen molar-refractivity contribution in [2.45, 2.75) is 45.2 Å². The van der Waals surface area contributed by atoms with Gasteiger partial charge in [0.25, 0.3) is 0 Å². The third-order valence-corrected chi connectivity index (χ3v) is 4.52. The van der Waals surface area contributed by atoms with E-state index in [-0.39, 0.29) is 17.7 Å². The zero-order valence-electron chi connectivity index (χ0n) is 12.5. The molecule has 0 bridgehead atoms. The Hall–Kier alpha value is -1.84. The normalized spacial score (nSPS) is 22.2. The van der Waals surface area contributed by atoms with Gasteiger partial charge < -0.3 is 10.2 Å². The Morgan fingerprint density at radius 3 is 2.76 bits per heavy atom. The molecular formula is C17H22N2O2. The summed E-state index contributed by atoms with van der Waals surface area (Å²) >= 11 is 0. The largest absolute Gasteiger partial charge is 0.352 e. The van der Waals surface area contributed by atoms with Gasteiger partial charge in [-0.2, -0.15) is 0 Å². The summed E-state index contributed by atoms with van der Waals surface area (Å²) in [5.41, 5.74) is 2.34. The number of nitrogens with zero attached hydrogens (tertiary/aromatic N) is 1. The summed E-state index contributed by atoms with van der Waals surface area (Å²) in [6, 6.07) is 8.49. The van der Waals surface area contributed by atoms with Crippen molar-refractivity contribution in [1.82, 2.24) is 10.2 Å². The zero-order chi connectivity index (χ0) is 14.8. The highest BCUT2D eigenvalue weighted by molar-refractivity contribution is 5.84. The van der Waals surface area contributed by atoms with E-state index in [1.807, 2.05) is 23.1 Å². The predicted octanol–water partition coefficient (Wildman–Crippen LogP) is 2.01. The van der Waals surface area contributed by atoms with Crippen LogP contribution in [0.4, 0.5) is 0 Å². The Balaban J connectivity index is 1.55. The van der Waals surface area contributed by atoms with E-state index in [1.54, 1.807) is 0 Å². The second-order valence-electron chi connectivity index (χ2n) is 6.16. The number of aryl methyl sites for hydroxylation is 1. The fraction of sp³-hybridized carbons (Fsp3) is 0.529. The third-order valence-electron chi connectivity index (χ3n) is 4.52. The van der Waals surface area contributed by atoms with Crippen molar-refractivity contribution in [1.29, 1.82) is 0 Å². The molecule has 2 amide bonds. The highest BCUT2D eigenvalue weighted by atomic mass is 16.2. The average Bonchev–Trinajstić information content (AvgIpc) is 3.31. The molecule has 0 aromatic heterocycles. The molecule has 2 fully saturated rings. The molecule has 1 saturated carbocycles. The number of benzene rings is 1. The van der Waals surface area contributed by atoms with E-state index in [4.69, 9.17) is 0 Å². The minimum absolute atomic E-state index is 0.0488. The Morgan fingerprint density at radius 1 is 1.29 bits per heavy atom. The fourth-order valence-electron chi connectivity index (χ4n) is 2.96. The molecule has 4 heteroatoms. The Labute approximate surface area is 125 Å². The first-order valence-electron chi connectivity index (χ1n) is 7.77. The summed E-state index contributed by atoms with van der Waals surface area (Å²) in [5.74, 6) is 0.254. The van der Waals surface area contributed by atoms with Crippen LogP contribution in [0.1, 0.15) is 36.8 Å². The number of hydrogen-bond donors (Lipinski definition) is 1. The first-order valence-corrected chi connectivity index (χ1v) is 7.77. The van der Waals surface area contributed by atoms with Gasteiger partial charge >= 0.3 is 0 Å². The molecule has 1 aromatic carbocycles. The topological polar surface area (TPSA) is 49.4 Å². The molecule has 1 aliphatic heterocycles. The van der Waals surface area contributed by atoms with Gasteiger partial charge in [0.15, 0.2) is 0 Å². The van der Waals surface area contributed by atoms with Crippen molar-refractivity contribution >= 4 is 11.8 Å². The van der Waals surface area contributed by atoms with Gasteiger partial charge in [-0.25, -0.2) is 0 Å². The molecule has 2 aliphatic rings. The lowest BCUT2D eigenvalue weighted by Crippen LogP contribution is -2.46. The summed E-state index contributed by atoms with van der Waals surface area (Å²) in [6.07, 6.45) is 3.40. The minimum atomic E-state index is -0.0488. The van der Waals surface area contributed by atoms with Gasteiger partial charge in [-0.1, -0.05) is 24.3 Å². The number of carbonyl (C=O) groups excluding carboxylic acids is 2. The Bertz CT molecular complexity index is 551. The van der Waals surface area contributed by atoms with Gasteiger partial charge in [-0.05, 0) is 37.3 Å². The Kier molecular flexibility index (Phi) is 3.95. The van der Waals surface area contributed by atoms with Crippen molar-refractivity contribution in [2.75, 3.05) is 6.54 Å². The lowest BCUT2D eigenvalue weighted by Gasteiger charge is -2.32. The summed E-state index contributed by atoms with van der Waals surface area (Å²) in [4.78, 5) is 26.1. The van der Waals surface area contributed by atoms with Crippen LogP contribution in [0.5, 0.6) is 0 Å². The first-order chi connectivity index (χ1) is 10.1. The van der Waals surface area contributed by atoms with Crippen molar-refractivity contribution in [3.05, 3.63) is 35.4 Å². The van der Waals surface area contributed by atoms with Gasteiger partial charge in [0, 0.05) is 25.6 Å². The molecule has 4 nitrogen and oxygen atoms in total. The number of amides is 2. The van der Waals surface area contributed by atoms with Crippen LogP contribution in [-0.2, 0) is 16.1 Å². The zero-order valence-corrected chi connectivity index (χ0v) is 12.5. The molecule has 112 valence electrons. The predicted molar refractivity (Wildman–Crippen MR) is 80.5 cm³/mol. The van der Waals surface area contributed by atoms with Crippen LogP contribution < -0.4 is 5.32 Å². The lowest BCUT2D eigenvalue weighted by molar-refractivity contribution is -0.138. The summed E-state index contributed by atoms with van der Waals surface area (Å²) in [7, 11) is 0. The van der Waals surface area contributed by atoms with Crippen LogP contribution in [0, 0.1) is 12.8 Å². The van der Waals surface area contributed by atoms with Gasteiger partial charge in [0.05, 0.1) is 5.92 Å². The second-order valence-corrected chi connectivity index (χ2v) is 6.16. The second kappa shape index (κ2) is 5.88. The van der Waals surface area contributed by atoms with E-state index in [9.17, 15) is 9.59 Å². The van der Waals surface area contributed by atoms with Gasteiger partial charge in [0.2, 0.25) is 11.8 Å². The number of hydrogen-bond acceptors (Lipinski definition) is 2. The smallest absolute Gasteiger partial charge is 0.225 e. The fourth-order valence-corrected chi connectivity index (χ4v) is 2.96. The van der Waals surface area contributed by atoms with E-state index in [0.717, 1.165) is 18.4 Å². The highest BCUT2D eigenvalue weighted by Gasteiger charge is 2.38. The first kappa shape index (κ1) is 14.1. The number of nitrogens with one attached hydrogen (secondary N) is 1. The molecule has 1 aromatic rings. The van der Waals surface area contributed by atoms with Crippen LogP contribution in [-0.4, -0.2) is 29.3 Å². The van der Waals surface area contributed by atoms with E-state index in [0.29, 0.717) is 32.0 Å². The average molecular weight is 286 g/mol. The third kappa shape index (κ3) is 3.26. The molecule has 0 radical (unpaired) electrons. The van der Waals surface area contributed by atoms with Crippen molar-refractivity contribution < 1.29 is 9.59 Å². The molecule has 0 spiro atoms. The van der Waals surface area contributed by atoms with Crippen LogP contribution in [0.2, 0.25) is 0 Å². The number of likely N-dealkylation sites (tertiary alicyclic amines) is 1. The number of rotatable bonds is 4. The van der Waals surface area contributed by atoms with Crippen molar-refractivity contribution in [3.63, 3.8) is 0 Å². The summed E-state index contributed by atoms with van der Waals surface area (Å²) < 4.78 is 0. The Morgan fingerprint density at radius 2 is 2.05 bits per heavy atom. The molecule has 21 heavy (non-hydrogen) atoms. The lowest BCUT2D eigenvalue weighted by atomic mass is 9.96. The summed E-state index contributed by atoms with van der Waals surface area (Å²) in [5, 5.41) is 3.03. The molecule has 1 aliphatic carbocycles. The molecule has 1 heterocycles. The van der Waals surface area contributed by atoms with E-state index in [1.165, 1.54) is 5.56 Å². The van der Waals surface area contributed by atoms with Crippen molar-refractivity contribution in [3.8, 4) is 0 Å². The molecular weight excluding hydrogens is 264 g/mol. The maximum Gasteiger partial charge on any atom is 0.225 e. The van der Waals surface area contributed by atoms with Gasteiger partial charge in [-0.15, -0.1) is 0 Å². The monoisotopic (exact) mass is 286 g/mol. The van der Waals surface area contributed by atoms with Gasteiger partial charge in [-0.3, -0.25) is 9.59 Å². The molecule has 1 saturated heterocycles. The summed E-state index contributed by atoms with van der Waals surface area (Å²) in [6.45, 7) is 3.22. The SMILES string of the molecule is Cc1ccccc1CNC(=O)[C@@H]1CCC(=O)N(C2CC2)C1. The molecule has 0 unspecified atom stereocenters. The van der Waals surface area contributed by atoms with E-state index < -0.39 is 0 Å². The highest BCUT2D eigenvalue weighted by Crippen LogP contribution is 2.31. The van der Waals surface area contributed by atoms with Crippen molar-refractivity contribution in [2.24, 2.45) is 5.92 Å². The van der Waals surface area contributed by atoms with Crippen LogP contribution >= 0.6 is 0 Å². The molecule has 1 N–H and O–H groups in total. The van der Waals surface area contributed by atoms with Crippen LogP contribution in [0.15, 0.2) is 24.3 Å². The maximum absolute atomic E-state index is 12.3. The maximum atomic E-state index is 12.3. The molecule has 3 rings (SSSR count). The standard InChI is InChI=1S/C17H22N2O2/c1-12-4-2-3-5-13(12)10-18-17(21)14-6-9-16(20)19(11-14)15-7-8-15/h2-5,14-15H,6-11H2,1H3,(H,18,21)/t14-/m1/s1. The van der Waals surface area contributed by atoms with Gasteiger partial charge in [0.1, 0.15) is 0 Å². The number of piperidine rings is 1. The number of carbonyl (C=O) groups is 2.